The molecule has 0 bridgehead atoms. The molecule has 0 aliphatic heterocycles. The number of aromatic carboxylic acids is 1. The number of hydrogen-bond donors (Lipinski definition) is 2. The first-order valence-corrected chi connectivity index (χ1v) is 8.47. The smallest absolute Gasteiger partial charge is 0.341 e. The van der Waals surface area contributed by atoms with Crippen molar-refractivity contribution in [3.05, 3.63) is 93.4 Å². The van der Waals surface area contributed by atoms with Crippen LogP contribution in [0.2, 0.25) is 0 Å². The summed E-state index contributed by atoms with van der Waals surface area (Å²) >= 11 is 0. The number of carbonyl (C=O) groups is 3. The van der Waals surface area contributed by atoms with Crippen LogP contribution in [0.25, 0.3) is 11.1 Å². The Bertz CT molecular complexity index is 1210. The minimum absolute atomic E-state index is 0.209. The van der Waals surface area contributed by atoms with Crippen molar-refractivity contribution < 1.29 is 19.5 Å². The van der Waals surface area contributed by atoms with Gasteiger partial charge in [-0.25, -0.2) is 4.79 Å². The van der Waals surface area contributed by atoms with E-state index in [-0.39, 0.29) is 23.6 Å². The Morgan fingerprint density at radius 1 is 0.857 bits per heavy atom. The molecule has 0 radical (unpaired) electrons. The van der Waals surface area contributed by atoms with Crippen molar-refractivity contribution in [1.82, 2.24) is 9.88 Å². The third-order valence-corrected chi connectivity index (χ3v) is 4.66. The molecule has 2 aromatic carbocycles. The van der Waals surface area contributed by atoms with Gasteiger partial charge in [0.2, 0.25) is 0 Å². The number of hydrogen-bond acceptors (Lipinski definition) is 4. The SMILES string of the molecule is O=C(NCn1cccc(C(=O)O)c1=O)c1cccc2c1C(=O)c1ccccc1-2. The molecule has 1 amide bonds. The first kappa shape index (κ1) is 17.4. The number of ketones is 1. The molecular formula is C21H14N2O5. The number of carboxylic acids is 1. The largest absolute Gasteiger partial charge is 0.477 e. The minimum Gasteiger partial charge on any atom is -0.477 e. The Morgan fingerprint density at radius 3 is 2.29 bits per heavy atom. The van der Waals surface area contributed by atoms with Gasteiger partial charge in [0, 0.05) is 17.3 Å². The van der Waals surface area contributed by atoms with Crippen LogP contribution in [-0.4, -0.2) is 27.3 Å². The quantitative estimate of drug-likeness (QED) is 0.569. The van der Waals surface area contributed by atoms with E-state index in [9.17, 15) is 19.2 Å². The van der Waals surface area contributed by atoms with E-state index in [1.54, 1.807) is 30.3 Å². The molecule has 28 heavy (non-hydrogen) atoms. The van der Waals surface area contributed by atoms with Crippen LogP contribution in [0.4, 0.5) is 0 Å². The number of rotatable bonds is 4. The standard InChI is InChI=1S/C21H14N2O5/c24-18-14-6-2-1-5-12(14)13-7-3-8-15(17(13)18)19(25)22-11-23-10-4-9-16(20(23)26)21(27)28/h1-10H,11H2,(H,22,25)(H,27,28). The highest BCUT2D eigenvalue weighted by molar-refractivity contribution is 6.25. The number of nitrogens with zero attached hydrogens (tertiary/aromatic N) is 1. The van der Waals surface area contributed by atoms with Gasteiger partial charge in [-0.2, -0.15) is 0 Å². The highest BCUT2D eigenvalue weighted by atomic mass is 16.4. The lowest BCUT2D eigenvalue weighted by molar-refractivity contribution is 0.0694. The first-order valence-electron chi connectivity index (χ1n) is 8.47. The lowest BCUT2D eigenvalue weighted by Crippen LogP contribution is -2.34. The van der Waals surface area contributed by atoms with E-state index in [0.717, 1.165) is 10.1 Å². The van der Waals surface area contributed by atoms with Crippen molar-refractivity contribution in [2.45, 2.75) is 6.67 Å². The first-order chi connectivity index (χ1) is 13.5. The van der Waals surface area contributed by atoms with E-state index in [1.165, 1.54) is 18.3 Å². The zero-order valence-corrected chi connectivity index (χ0v) is 14.5. The van der Waals surface area contributed by atoms with Gasteiger partial charge < -0.3 is 10.4 Å². The molecule has 7 heteroatoms. The van der Waals surface area contributed by atoms with Gasteiger partial charge in [0.05, 0.1) is 12.2 Å². The predicted octanol–water partition coefficient (Wildman–Crippen LogP) is 2.15. The van der Waals surface area contributed by atoms with Crippen molar-refractivity contribution in [3.63, 3.8) is 0 Å². The number of pyridine rings is 1. The normalized spacial score (nSPS) is 11.6. The van der Waals surface area contributed by atoms with Crippen molar-refractivity contribution in [1.29, 1.82) is 0 Å². The average Bonchev–Trinajstić information content (AvgIpc) is 3.00. The summed E-state index contributed by atoms with van der Waals surface area (Å²) in [5.74, 6) is -2.08. The lowest BCUT2D eigenvalue weighted by atomic mass is 10.0. The molecule has 0 saturated carbocycles. The van der Waals surface area contributed by atoms with Gasteiger partial charge in [-0.1, -0.05) is 36.4 Å². The van der Waals surface area contributed by atoms with Gasteiger partial charge >= 0.3 is 5.97 Å². The van der Waals surface area contributed by atoms with E-state index < -0.39 is 17.4 Å². The van der Waals surface area contributed by atoms with Crippen molar-refractivity contribution in [2.75, 3.05) is 0 Å². The zero-order chi connectivity index (χ0) is 19.8. The summed E-state index contributed by atoms with van der Waals surface area (Å²) in [6.07, 6.45) is 1.38. The highest BCUT2D eigenvalue weighted by Crippen LogP contribution is 2.37. The van der Waals surface area contributed by atoms with E-state index >= 15 is 0 Å². The number of amides is 1. The van der Waals surface area contributed by atoms with Crippen LogP contribution in [-0.2, 0) is 6.67 Å². The molecule has 0 fully saturated rings. The topological polar surface area (TPSA) is 105 Å². The summed E-state index contributed by atoms with van der Waals surface area (Å²) in [5.41, 5.74) is 1.44. The Kier molecular flexibility index (Phi) is 4.12. The number of nitrogens with one attached hydrogen (secondary N) is 1. The molecule has 1 aliphatic carbocycles. The second-order valence-corrected chi connectivity index (χ2v) is 6.27. The molecule has 3 aromatic rings. The number of carboxylic acid groups (broad SMARTS) is 1. The summed E-state index contributed by atoms with van der Waals surface area (Å²) in [6.45, 7) is -0.219. The second kappa shape index (κ2) is 6.62. The van der Waals surface area contributed by atoms with Gasteiger partial charge in [-0.15, -0.1) is 0 Å². The van der Waals surface area contributed by atoms with Crippen molar-refractivity contribution in [2.24, 2.45) is 0 Å². The maximum Gasteiger partial charge on any atom is 0.341 e. The van der Waals surface area contributed by atoms with Crippen molar-refractivity contribution in [3.8, 4) is 11.1 Å². The maximum atomic E-state index is 12.8. The molecule has 0 saturated heterocycles. The highest BCUT2D eigenvalue weighted by Gasteiger charge is 2.30. The molecule has 7 nitrogen and oxygen atoms in total. The van der Waals surface area contributed by atoms with Gasteiger partial charge in [-0.3, -0.25) is 19.0 Å². The van der Waals surface area contributed by atoms with Gasteiger partial charge in [0.15, 0.2) is 5.78 Å². The maximum absolute atomic E-state index is 12.8. The molecule has 138 valence electrons. The summed E-state index contributed by atoms with van der Waals surface area (Å²) in [6, 6.07) is 14.8. The van der Waals surface area contributed by atoms with E-state index in [0.29, 0.717) is 16.7 Å². The number of carbonyl (C=O) groups excluding carboxylic acids is 2. The van der Waals surface area contributed by atoms with Gasteiger partial charge in [0.25, 0.3) is 11.5 Å². The number of aromatic nitrogens is 1. The Morgan fingerprint density at radius 2 is 1.54 bits per heavy atom. The fourth-order valence-electron chi connectivity index (χ4n) is 3.34. The van der Waals surface area contributed by atoms with Crippen molar-refractivity contribution >= 4 is 17.7 Å². The van der Waals surface area contributed by atoms with Crippen LogP contribution >= 0.6 is 0 Å². The van der Waals surface area contributed by atoms with Crippen LogP contribution in [0.5, 0.6) is 0 Å². The van der Waals surface area contributed by atoms with Gasteiger partial charge in [0.1, 0.15) is 5.56 Å². The molecule has 4 rings (SSSR count). The average molecular weight is 374 g/mol. The third-order valence-electron chi connectivity index (χ3n) is 4.66. The fourth-order valence-corrected chi connectivity index (χ4v) is 3.34. The molecule has 1 aliphatic rings. The third kappa shape index (κ3) is 2.69. The number of fused-ring (bicyclic) bond motifs is 3. The molecule has 0 atom stereocenters. The number of benzene rings is 2. The lowest BCUT2D eigenvalue weighted by Gasteiger charge is -2.11. The Balaban J connectivity index is 1.64. The Hall–Kier alpha value is -4.00. The molecule has 1 aromatic heterocycles. The van der Waals surface area contributed by atoms with E-state index in [4.69, 9.17) is 5.11 Å². The second-order valence-electron chi connectivity index (χ2n) is 6.27. The summed E-state index contributed by atoms with van der Waals surface area (Å²) in [5, 5.41) is 11.6. The van der Waals surface area contributed by atoms with Crippen LogP contribution in [0.3, 0.4) is 0 Å². The van der Waals surface area contributed by atoms with Crippen LogP contribution in [0.1, 0.15) is 36.6 Å². The molecule has 2 N–H and O–H groups in total. The molecular weight excluding hydrogens is 360 g/mol. The minimum atomic E-state index is -1.34. The van der Waals surface area contributed by atoms with E-state index in [1.807, 2.05) is 12.1 Å². The summed E-state index contributed by atoms with van der Waals surface area (Å²) < 4.78 is 1.08. The van der Waals surface area contributed by atoms with Crippen LogP contribution in [0, 0.1) is 0 Å². The molecule has 1 heterocycles. The monoisotopic (exact) mass is 374 g/mol. The molecule has 0 unspecified atom stereocenters. The Labute approximate surface area is 158 Å². The molecule has 0 spiro atoms. The summed E-state index contributed by atoms with van der Waals surface area (Å²) in [4.78, 5) is 48.7. The predicted molar refractivity (Wildman–Crippen MR) is 100 cm³/mol. The fraction of sp³-hybridized carbons (Fsp3) is 0.0476. The zero-order valence-electron chi connectivity index (χ0n) is 14.5. The van der Waals surface area contributed by atoms with Crippen LogP contribution < -0.4 is 10.9 Å². The van der Waals surface area contributed by atoms with E-state index in [2.05, 4.69) is 5.32 Å². The van der Waals surface area contributed by atoms with Crippen LogP contribution in [0.15, 0.2) is 65.6 Å². The van der Waals surface area contributed by atoms with Gasteiger partial charge in [-0.05, 0) is 29.3 Å². The summed E-state index contributed by atoms with van der Waals surface area (Å²) in [7, 11) is 0.